The first-order valence-electron chi connectivity index (χ1n) is 8.89. The van der Waals surface area contributed by atoms with Crippen molar-refractivity contribution >= 4 is 29.5 Å². The summed E-state index contributed by atoms with van der Waals surface area (Å²) in [6.45, 7) is 0.874. The molecule has 1 saturated heterocycles. The molecule has 2 aromatic carbocycles. The molecule has 0 spiro atoms. The van der Waals surface area contributed by atoms with Crippen molar-refractivity contribution in [3.05, 3.63) is 68.6 Å². The van der Waals surface area contributed by atoms with Crippen LogP contribution >= 0.6 is 11.8 Å². The van der Waals surface area contributed by atoms with Crippen LogP contribution in [0.15, 0.2) is 47.4 Å². The lowest BCUT2D eigenvalue weighted by molar-refractivity contribution is -0.385. The number of thioether (sulfide) groups is 1. The van der Waals surface area contributed by atoms with Gasteiger partial charge in [0.15, 0.2) is 0 Å². The maximum atomic E-state index is 11.5. The van der Waals surface area contributed by atoms with Crippen LogP contribution in [-0.4, -0.2) is 36.5 Å². The van der Waals surface area contributed by atoms with E-state index in [1.165, 1.54) is 18.1 Å². The van der Waals surface area contributed by atoms with Crippen LogP contribution in [0.2, 0.25) is 0 Å². The first-order valence-corrected chi connectivity index (χ1v) is 9.87. The zero-order valence-corrected chi connectivity index (χ0v) is 16.6. The maximum absolute atomic E-state index is 11.5. The van der Waals surface area contributed by atoms with Crippen molar-refractivity contribution in [3.8, 4) is 11.5 Å². The number of esters is 1. The molecule has 0 amide bonds. The molecule has 1 unspecified atom stereocenters. The molecule has 29 heavy (non-hydrogen) atoms. The number of methoxy groups -OCH3 is 1. The van der Waals surface area contributed by atoms with Crippen LogP contribution < -0.4 is 15.8 Å². The third-order valence-electron chi connectivity index (χ3n) is 4.30. The van der Waals surface area contributed by atoms with E-state index in [0.29, 0.717) is 17.1 Å². The Morgan fingerprint density at radius 3 is 2.66 bits per heavy atom. The van der Waals surface area contributed by atoms with Gasteiger partial charge in [0.1, 0.15) is 17.5 Å². The second kappa shape index (κ2) is 9.55. The highest BCUT2D eigenvalue weighted by molar-refractivity contribution is 8.03. The Hall–Kier alpha value is -2.88. The number of hydrogen-bond acceptors (Lipinski definition) is 8. The average Bonchev–Trinajstić information content (AvgIpc) is 3.22. The molecule has 3 rings (SSSR count). The number of carbonyl (C=O) groups is 1. The average molecular weight is 415 g/mol. The van der Waals surface area contributed by atoms with Crippen LogP contribution in [0.1, 0.15) is 11.1 Å². The molecular formula is C20H21N3O5S. The third kappa shape index (κ3) is 5.57. The summed E-state index contributed by atoms with van der Waals surface area (Å²) >= 11 is 1.77. The summed E-state index contributed by atoms with van der Waals surface area (Å²) in [5.74, 6) is 1.19. The predicted octanol–water partition coefficient (Wildman–Crippen LogP) is 3.06. The van der Waals surface area contributed by atoms with Gasteiger partial charge in [-0.15, -0.1) is 11.8 Å². The third-order valence-corrected chi connectivity index (χ3v) is 5.28. The van der Waals surface area contributed by atoms with Crippen LogP contribution in [0.5, 0.6) is 11.5 Å². The molecule has 8 nitrogen and oxygen atoms in total. The lowest BCUT2D eigenvalue weighted by Gasteiger charge is -2.11. The second-order valence-corrected chi connectivity index (χ2v) is 7.48. The minimum Gasteiger partial charge on any atom is -0.468 e. The van der Waals surface area contributed by atoms with Crippen LogP contribution in [0, 0.1) is 10.1 Å². The van der Waals surface area contributed by atoms with Gasteiger partial charge in [0.2, 0.25) is 0 Å². The molecule has 152 valence electrons. The molecule has 1 aliphatic heterocycles. The van der Waals surface area contributed by atoms with Crippen molar-refractivity contribution < 1.29 is 19.2 Å². The van der Waals surface area contributed by atoms with Gasteiger partial charge in [-0.25, -0.2) is 0 Å². The lowest BCUT2D eigenvalue weighted by Crippen LogP contribution is -2.33. The number of nitrogens with zero attached hydrogens (tertiary/aromatic N) is 1. The minimum absolute atomic E-state index is 0.000495. The van der Waals surface area contributed by atoms with Crippen molar-refractivity contribution in [2.45, 2.75) is 12.5 Å². The molecule has 0 bridgehead atoms. The van der Waals surface area contributed by atoms with Gasteiger partial charge in [-0.1, -0.05) is 12.1 Å². The largest absolute Gasteiger partial charge is 0.468 e. The fourth-order valence-corrected chi connectivity index (χ4v) is 3.65. The van der Waals surface area contributed by atoms with Gasteiger partial charge < -0.3 is 20.5 Å². The Labute approximate surface area is 172 Å². The Morgan fingerprint density at radius 2 is 2.03 bits per heavy atom. The van der Waals surface area contributed by atoms with Gasteiger partial charge in [0, 0.05) is 29.3 Å². The summed E-state index contributed by atoms with van der Waals surface area (Å²) in [7, 11) is 1.22. The molecule has 1 fully saturated rings. The number of nitrogens with one attached hydrogen (secondary N) is 1. The quantitative estimate of drug-likeness (QED) is 0.403. The summed E-state index contributed by atoms with van der Waals surface area (Å²) in [6, 6.07) is 11.0. The topological polar surface area (TPSA) is 117 Å². The van der Waals surface area contributed by atoms with Crippen molar-refractivity contribution in [1.29, 1.82) is 0 Å². The Balaban J connectivity index is 1.73. The molecule has 1 aliphatic rings. The fraction of sp³-hybridized carbons (Fsp3) is 0.250. The van der Waals surface area contributed by atoms with E-state index >= 15 is 0 Å². The molecule has 9 heteroatoms. The zero-order chi connectivity index (χ0) is 20.8. The number of hydrogen-bond donors (Lipinski definition) is 2. The van der Waals surface area contributed by atoms with E-state index in [1.807, 2.05) is 24.3 Å². The van der Waals surface area contributed by atoms with Crippen molar-refractivity contribution in [2.24, 2.45) is 5.73 Å². The number of benzene rings is 2. The van der Waals surface area contributed by atoms with Crippen LogP contribution in [-0.2, 0) is 16.0 Å². The normalized spacial score (nSPS) is 15.9. The SMILES string of the molecule is COC(=O)C(N)Cc1ccc(Oc2ccc(C=C3CNCS3)cc2)cc1[N+](=O)[O-]. The summed E-state index contributed by atoms with van der Waals surface area (Å²) in [5.41, 5.74) is 6.96. The fourth-order valence-electron chi connectivity index (χ4n) is 2.84. The van der Waals surface area contributed by atoms with Gasteiger partial charge in [0.05, 0.1) is 18.1 Å². The molecule has 1 heterocycles. The highest BCUT2D eigenvalue weighted by Crippen LogP contribution is 2.30. The Bertz CT molecular complexity index is 922. The van der Waals surface area contributed by atoms with Crippen LogP contribution in [0.4, 0.5) is 5.69 Å². The Kier molecular flexibility index (Phi) is 6.86. The first kappa shape index (κ1) is 20.8. The minimum atomic E-state index is -0.972. The highest BCUT2D eigenvalue weighted by Gasteiger charge is 2.22. The number of rotatable bonds is 7. The summed E-state index contributed by atoms with van der Waals surface area (Å²) < 4.78 is 10.3. The van der Waals surface area contributed by atoms with E-state index < -0.39 is 16.9 Å². The first-order chi connectivity index (χ1) is 14.0. The van der Waals surface area contributed by atoms with Crippen molar-refractivity contribution in [1.82, 2.24) is 5.32 Å². The molecular weight excluding hydrogens is 394 g/mol. The number of nitro groups is 1. The summed E-state index contributed by atoms with van der Waals surface area (Å²) in [5, 5.41) is 14.7. The second-order valence-electron chi connectivity index (χ2n) is 6.38. The number of nitrogens with two attached hydrogens (primary N) is 1. The molecule has 0 aliphatic carbocycles. The standard InChI is InChI=1S/C20H21N3O5S/c1-27-20(24)18(21)9-14-4-7-16(10-19(14)23(25)26)28-15-5-2-13(3-6-15)8-17-11-22-12-29-17/h2-8,10,18,22H,9,11-12,21H2,1H3. The Morgan fingerprint density at radius 1 is 1.31 bits per heavy atom. The molecule has 0 aromatic heterocycles. The van der Waals surface area contributed by atoms with E-state index in [4.69, 9.17) is 10.5 Å². The molecule has 0 radical (unpaired) electrons. The zero-order valence-electron chi connectivity index (χ0n) is 15.8. The van der Waals surface area contributed by atoms with Gasteiger partial charge in [0.25, 0.3) is 5.69 Å². The van der Waals surface area contributed by atoms with Gasteiger partial charge in [-0.05, 0) is 35.9 Å². The summed E-state index contributed by atoms with van der Waals surface area (Å²) in [6.07, 6.45) is 2.11. The highest BCUT2D eigenvalue weighted by atomic mass is 32.2. The smallest absolute Gasteiger partial charge is 0.322 e. The molecule has 2 aromatic rings. The number of nitro benzene ring substituents is 1. The lowest BCUT2D eigenvalue weighted by atomic mass is 10.0. The van der Waals surface area contributed by atoms with E-state index in [9.17, 15) is 14.9 Å². The molecule has 3 N–H and O–H groups in total. The molecule has 1 atom stereocenters. The van der Waals surface area contributed by atoms with Crippen LogP contribution in [0.25, 0.3) is 6.08 Å². The molecule has 0 saturated carbocycles. The van der Waals surface area contributed by atoms with Gasteiger partial charge >= 0.3 is 5.97 Å². The maximum Gasteiger partial charge on any atom is 0.322 e. The van der Waals surface area contributed by atoms with E-state index in [-0.39, 0.29) is 12.1 Å². The number of carbonyl (C=O) groups excluding carboxylic acids is 1. The van der Waals surface area contributed by atoms with Crippen molar-refractivity contribution in [3.63, 3.8) is 0 Å². The van der Waals surface area contributed by atoms with Gasteiger partial charge in [-0.2, -0.15) is 0 Å². The number of ether oxygens (including phenoxy) is 2. The monoisotopic (exact) mass is 415 g/mol. The van der Waals surface area contributed by atoms with E-state index in [1.54, 1.807) is 23.9 Å². The van der Waals surface area contributed by atoms with E-state index in [0.717, 1.165) is 18.0 Å². The summed E-state index contributed by atoms with van der Waals surface area (Å²) in [4.78, 5) is 23.7. The van der Waals surface area contributed by atoms with Gasteiger partial charge in [-0.3, -0.25) is 14.9 Å². The predicted molar refractivity (Wildman–Crippen MR) is 112 cm³/mol. The van der Waals surface area contributed by atoms with Crippen molar-refractivity contribution in [2.75, 3.05) is 19.5 Å². The van der Waals surface area contributed by atoms with E-state index in [2.05, 4.69) is 16.1 Å². The van der Waals surface area contributed by atoms with Crippen LogP contribution in [0.3, 0.4) is 0 Å².